The molecule has 0 saturated carbocycles. The predicted molar refractivity (Wildman–Crippen MR) is 62.0 cm³/mol. The van der Waals surface area contributed by atoms with Crippen molar-refractivity contribution in [2.75, 3.05) is 0 Å². The van der Waals surface area contributed by atoms with Crippen LogP contribution in [-0.4, -0.2) is 25.4 Å². The zero-order valence-electron chi connectivity index (χ0n) is 9.67. The molecule has 88 valence electrons. The Bertz CT molecular complexity index is 476. The molecule has 1 heterocycles. The molecule has 1 fully saturated rings. The van der Waals surface area contributed by atoms with Crippen molar-refractivity contribution in [3.63, 3.8) is 0 Å². The van der Waals surface area contributed by atoms with E-state index in [0.29, 0.717) is 4.90 Å². The minimum atomic E-state index is -3.27. The SMILES string of the molecule is C[C@H]([C@H]1OC1(C)C)S(=O)(=O)c1ccccc1. The van der Waals surface area contributed by atoms with E-state index in [-0.39, 0.29) is 11.7 Å². The third-order valence-corrected chi connectivity index (χ3v) is 5.20. The first-order valence-electron chi connectivity index (χ1n) is 5.32. The molecule has 0 aliphatic carbocycles. The highest BCUT2D eigenvalue weighted by Crippen LogP contribution is 2.41. The van der Waals surface area contributed by atoms with E-state index in [2.05, 4.69) is 0 Å². The van der Waals surface area contributed by atoms with Crippen LogP contribution in [0.1, 0.15) is 20.8 Å². The molecule has 2 rings (SSSR count). The summed E-state index contributed by atoms with van der Waals surface area (Å²) >= 11 is 0. The predicted octanol–water partition coefficient (Wildman–Crippen LogP) is 2.03. The topological polar surface area (TPSA) is 46.7 Å². The zero-order chi connectivity index (χ0) is 12.0. The first-order valence-corrected chi connectivity index (χ1v) is 6.87. The number of benzene rings is 1. The summed E-state index contributed by atoms with van der Waals surface area (Å²) in [5.74, 6) is 0. The molecule has 1 aromatic rings. The van der Waals surface area contributed by atoms with Crippen LogP contribution >= 0.6 is 0 Å². The highest BCUT2D eigenvalue weighted by molar-refractivity contribution is 7.92. The molecule has 0 bridgehead atoms. The van der Waals surface area contributed by atoms with Crippen molar-refractivity contribution in [1.82, 2.24) is 0 Å². The van der Waals surface area contributed by atoms with Crippen molar-refractivity contribution >= 4 is 9.84 Å². The van der Waals surface area contributed by atoms with E-state index < -0.39 is 15.1 Å². The Balaban J connectivity index is 2.28. The van der Waals surface area contributed by atoms with Gasteiger partial charge in [-0.15, -0.1) is 0 Å². The largest absolute Gasteiger partial charge is 0.365 e. The maximum absolute atomic E-state index is 12.2. The van der Waals surface area contributed by atoms with Gasteiger partial charge in [-0.2, -0.15) is 0 Å². The zero-order valence-corrected chi connectivity index (χ0v) is 10.5. The molecule has 0 N–H and O–H groups in total. The van der Waals surface area contributed by atoms with Crippen molar-refractivity contribution < 1.29 is 13.2 Å². The van der Waals surface area contributed by atoms with E-state index in [4.69, 9.17) is 4.74 Å². The summed E-state index contributed by atoms with van der Waals surface area (Å²) in [5.41, 5.74) is -0.304. The summed E-state index contributed by atoms with van der Waals surface area (Å²) < 4.78 is 29.8. The monoisotopic (exact) mass is 240 g/mol. The van der Waals surface area contributed by atoms with E-state index in [1.807, 2.05) is 13.8 Å². The van der Waals surface area contributed by atoms with Gasteiger partial charge in [0.05, 0.1) is 15.7 Å². The van der Waals surface area contributed by atoms with Crippen molar-refractivity contribution in [3.8, 4) is 0 Å². The average Bonchev–Trinajstić information content (AvgIpc) is 2.88. The van der Waals surface area contributed by atoms with Crippen LogP contribution < -0.4 is 0 Å². The van der Waals surface area contributed by atoms with Crippen molar-refractivity contribution in [3.05, 3.63) is 30.3 Å². The van der Waals surface area contributed by atoms with Gasteiger partial charge in [0.15, 0.2) is 9.84 Å². The number of ether oxygens (including phenoxy) is 1. The lowest BCUT2D eigenvalue weighted by molar-refractivity contribution is 0.322. The van der Waals surface area contributed by atoms with E-state index >= 15 is 0 Å². The molecule has 0 spiro atoms. The van der Waals surface area contributed by atoms with Gasteiger partial charge in [0.2, 0.25) is 0 Å². The lowest BCUT2D eigenvalue weighted by Gasteiger charge is -2.11. The molecule has 1 aliphatic rings. The van der Waals surface area contributed by atoms with Crippen LogP contribution in [0.3, 0.4) is 0 Å². The Labute approximate surface area is 96.4 Å². The molecular formula is C12H16O3S. The molecule has 1 aromatic carbocycles. The summed E-state index contributed by atoms with van der Waals surface area (Å²) in [7, 11) is -3.27. The number of rotatable bonds is 3. The quantitative estimate of drug-likeness (QED) is 0.759. The second kappa shape index (κ2) is 3.57. The third kappa shape index (κ3) is 1.87. The maximum atomic E-state index is 12.2. The molecule has 4 heteroatoms. The standard InChI is InChI=1S/C12H16O3S/c1-9(11-12(2,3)15-11)16(13,14)10-7-5-4-6-8-10/h4-9,11H,1-3H3/t9-,11-/m1/s1. The minimum absolute atomic E-state index is 0.197. The third-order valence-electron chi connectivity index (χ3n) is 3.05. The van der Waals surface area contributed by atoms with Gasteiger partial charge in [0.25, 0.3) is 0 Å². The van der Waals surface area contributed by atoms with Gasteiger partial charge in [-0.25, -0.2) is 8.42 Å². The second-order valence-electron chi connectivity index (χ2n) is 4.71. The first-order chi connectivity index (χ1) is 7.36. The van der Waals surface area contributed by atoms with Crippen LogP contribution in [0.2, 0.25) is 0 Å². The van der Waals surface area contributed by atoms with Gasteiger partial charge in [0, 0.05) is 0 Å². The highest BCUT2D eigenvalue weighted by atomic mass is 32.2. The summed E-state index contributed by atoms with van der Waals surface area (Å²) in [4.78, 5) is 0.369. The van der Waals surface area contributed by atoms with Gasteiger partial charge in [-0.3, -0.25) is 0 Å². The fourth-order valence-corrected chi connectivity index (χ4v) is 3.62. The Morgan fingerprint density at radius 1 is 1.25 bits per heavy atom. The van der Waals surface area contributed by atoms with Crippen LogP contribution in [0.5, 0.6) is 0 Å². The van der Waals surface area contributed by atoms with Gasteiger partial charge in [0.1, 0.15) is 6.10 Å². The fourth-order valence-electron chi connectivity index (χ4n) is 1.94. The van der Waals surface area contributed by atoms with E-state index in [1.54, 1.807) is 37.3 Å². The lowest BCUT2D eigenvalue weighted by Crippen LogP contribution is -2.27. The minimum Gasteiger partial charge on any atom is -0.365 e. The van der Waals surface area contributed by atoms with Gasteiger partial charge >= 0.3 is 0 Å². The van der Waals surface area contributed by atoms with Crippen molar-refractivity contribution in [2.24, 2.45) is 0 Å². The van der Waals surface area contributed by atoms with Crippen LogP contribution in [-0.2, 0) is 14.6 Å². The van der Waals surface area contributed by atoms with Crippen molar-refractivity contribution in [2.45, 2.75) is 42.6 Å². The van der Waals surface area contributed by atoms with Gasteiger partial charge < -0.3 is 4.74 Å². The number of epoxide rings is 1. The van der Waals surface area contributed by atoms with Gasteiger partial charge in [-0.05, 0) is 32.9 Å². The Morgan fingerprint density at radius 3 is 2.19 bits per heavy atom. The molecule has 3 nitrogen and oxygen atoms in total. The summed E-state index contributed by atoms with van der Waals surface area (Å²) in [5, 5.41) is -0.495. The van der Waals surface area contributed by atoms with Crippen LogP contribution in [0.15, 0.2) is 35.2 Å². The molecule has 0 amide bonds. The number of hydrogen-bond acceptors (Lipinski definition) is 3. The summed E-state index contributed by atoms with van der Waals surface area (Å²) in [6, 6.07) is 8.53. The average molecular weight is 240 g/mol. The van der Waals surface area contributed by atoms with Crippen LogP contribution in [0.4, 0.5) is 0 Å². The smallest absolute Gasteiger partial charge is 0.183 e. The second-order valence-corrected chi connectivity index (χ2v) is 7.01. The lowest BCUT2D eigenvalue weighted by atomic mass is 10.1. The maximum Gasteiger partial charge on any atom is 0.183 e. The van der Waals surface area contributed by atoms with Gasteiger partial charge in [-0.1, -0.05) is 18.2 Å². The highest BCUT2D eigenvalue weighted by Gasteiger charge is 2.54. The van der Waals surface area contributed by atoms with Crippen molar-refractivity contribution in [1.29, 1.82) is 0 Å². The molecule has 2 atom stereocenters. The van der Waals surface area contributed by atoms with Crippen LogP contribution in [0, 0.1) is 0 Å². The molecule has 0 unspecified atom stereocenters. The molecule has 16 heavy (non-hydrogen) atoms. The summed E-state index contributed by atoms with van der Waals surface area (Å²) in [6.07, 6.45) is -0.197. The number of sulfone groups is 1. The Kier molecular flexibility index (Phi) is 2.59. The molecule has 1 aliphatic heterocycles. The Hall–Kier alpha value is -0.870. The summed E-state index contributed by atoms with van der Waals surface area (Å²) in [6.45, 7) is 5.53. The Morgan fingerprint density at radius 2 is 1.75 bits per heavy atom. The first kappa shape index (κ1) is 11.6. The number of hydrogen-bond donors (Lipinski definition) is 0. The van der Waals surface area contributed by atoms with Crippen LogP contribution in [0.25, 0.3) is 0 Å². The molecular weight excluding hydrogens is 224 g/mol. The molecule has 0 radical (unpaired) electrons. The fraction of sp³-hybridized carbons (Fsp3) is 0.500. The molecule has 0 aromatic heterocycles. The molecule has 1 saturated heterocycles. The van der Waals surface area contributed by atoms with E-state index in [0.717, 1.165) is 0 Å². The normalized spacial score (nSPS) is 25.1. The van der Waals surface area contributed by atoms with E-state index in [1.165, 1.54) is 0 Å². The van der Waals surface area contributed by atoms with E-state index in [9.17, 15) is 8.42 Å².